The molecule has 1 aliphatic heterocycles. The predicted molar refractivity (Wildman–Crippen MR) is 132 cm³/mol. The second-order valence-electron chi connectivity index (χ2n) is 7.89. The van der Waals surface area contributed by atoms with Crippen LogP contribution in [0.15, 0.2) is 72.1 Å². The zero-order valence-corrected chi connectivity index (χ0v) is 19.8. The fourth-order valence-electron chi connectivity index (χ4n) is 4.08. The van der Waals surface area contributed by atoms with Crippen molar-refractivity contribution in [2.24, 2.45) is 0 Å². The summed E-state index contributed by atoms with van der Waals surface area (Å²) in [6.07, 6.45) is 4.33. The number of halogens is 1. The van der Waals surface area contributed by atoms with E-state index in [1.165, 1.54) is 17.3 Å². The summed E-state index contributed by atoms with van der Waals surface area (Å²) in [5.41, 5.74) is 4.90. The first-order chi connectivity index (χ1) is 16.0. The summed E-state index contributed by atoms with van der Waals surface area (Å²) in [6, 6.07) is 17.6. The first kappa shape index (κ1) is 21.7. The molecule has 0 fully saturated rings. The monoisotopic (exact) mass is 475 g/mol. The normalized spacial score (nSPS) is 13.7. The minimum atomic E-state index is -0.344. The molecular formula is C25H22ClN5OS. The first-order valence-corrected chi connectivity index (χ1v) is 12.0. The zero-order chi connectivity index (χ0) is 22.9. The van der Waals surface area contributed by atoms with Gasteiger partial charge in [-0.05, 0) is 61.7 Å². The lowest BCUT2D eigenvalue weighted by atomic mass is 10.2. The quantitative estimate of drug-likeness (QED) is 0.363. The van der Waals surface area contributed by atoms with Gasteiger partial charge in [-0.2, -0.15) is 0 Å². The van der Waals surface area contributed by atoms with Gasteiger partial charge in [0.2, 0.25) is 5.91 Å². The summed E-state index contributed by atoms with van der Waals surface area (Å²) in [5, 5.41) is 9.91. The highest BCUT2D eigenvalue weighted by molar-refractivity contribution is 8.00. The predicted octanol–water partition coefficient (Wildman–Crippen LogP) is 5.36. The third kappa shape index (κ3) is 4.03. The Morgan fingerprint density at radius 1 is 1.03 bits per heavy atom. The maximum atomic E-state index is 13.4. The van der Waals surface area contributed by atoms with Crippen molar-refractivity contribution in [1.82, 2.24) is 19.7 Å². The van der Waals surface area contributed by atoms with Gasteiger partial charge in [-0.3, -0.25) is 14.3 Å². The second-order valence-corrected chi connectivity index (χ2v) is 9.61. The number of hydrogen-bond donors (Lipinski definition) is 0. The van der Waals surface area contributed by atoms with Gasteiger partial charge in [0.05, 0.1) is 10.9 Å². The van der Waals surface area contributed by atoms with Crippen LogP contribution in [0.4, 0.5) is 5.69 Å². The Morgan fingerprint density at radius 2 is 1.79 bits per heavy atom. The second kappa shape index (κ2) is 9.00. The van der Waals surface area contributed by atoms with Gasteiger partial charge < -0.3 is 4.90 Å². The number of rotatable bonds is 5. The molecule has 8 heteroatoms. The molecule has 166 valence electrons. The van der Waals surface area contributed by atoms with Crippen molar-refractivity contribution in [3.63, 3.8) is 0 Å². The molecule has 0 aliphatic carbocycles. The summed E-state index contributed by atoms with van der Waals surface area (Å²) in [7, 11) is 0. The Balaban J connectivity index is 1.52. The minimum Gasteiger partial charge on any atom is -0.311 e. The lowest BCUT2D eigenvalue weighted by Gasteiger charge is -2.21. The van der Waals surface area contributed by atoms with Crippen molar-refractivity contribution in [3.05, 3.63) is 83.1 Å². The zero-order valence-electron chi connectivity index (χ0n) is 18.3. The molecule has 1 aliphatic rings. The van der Waals surface area contributed by atoms with E-state index in [-0.39, 0.29) is 11.2 Å². The van der Waals surface area contributed by atoms with Gasteiger partial charge in [0, 0.05) is 35.2 Å². The highest BCUT2D eigenvalue weighted by Crippen LogP contribution is 2.35. The summed E-state index contributed by atoms with van der Waals surface area (Å²) in [6.45, 7) is 4.59. The Kier molecular flexibility index (Phi) is 5.91. The van der Waals surface area contributed by atoms with E-state index in [0.717, 1.165) is 28.9 Å². The van der Waals surface area contributed by atoms with Crippen molar-refractivity contribution < 1.29 is 4.79 Å². The molecule has 6 nitrogen and oxygen atoms in total. The van der Waals surface area contributed by atoms with E-state index in [1.54, 1.807) is 12.4 Å². The van der Waals surface area contributed by atoms with Crippen molar-refractivity contribution in [2.45, 2.75) is 30.7 Å². The Bertz CT molecular complexity index is 1320. The molecule has 2 aromatic carbocycles. The van der Waals surface area contributed by atoms with Crippen LogP contribution in [0.25, 0.3) is 17.1 Å². The lowest BCUT2D eigenvalue weighted by Crippen LogP contribution is -2.35. The van der Waals surface area contributed by atoms with Crippen molar-refractivity contribution in [2.75, 3.05) is 11.4 Å². The van der Waals surface area contributed by atoms with E-state index < -0.39 is 0 Å². The number of aromatic nitrogens is 4. The first-order valence-electron chi connectivity index (χ1n) is 10.7. The van der Waals surface area contributed by atoms with E-state index in [0.29, 0.717) is 22.5 Å². The van der Waals surface area contributed by atoms with Gasteiger partial charge in [-0.15, -0.1) is 10.2 Å². The number of nitrogens with zero attached hydrogens (tertiary/aromatic N) is 5. The summed E-state index contributed by atoms with van der Waals surface area (Å²) in [5.74, 6) is 0.740. The van der Waals surface area contributed by atoms with Crippen LogP contribution < -0.4 is 4.90 Å². The van der Waals surface area contributed by atoms with E-state index in [2.05, 4.69) is 21.2 Å². The average molecular weight is 476 g/mol. The topological polar surface area (TPSA) is 63.9 Å². The smallest absolute Gasteiger partial charge is 0.240 e. The summed E-state index contributed by atoms with van der Waals surface area (Å²) >= 11 is 7.84. The van der Waals surface area contributed by atoms with Crippen LogP contribution in [-0.4, -0.2) is 37.5 Å². The van der Waals surface area contributed by atoms with Crippen LogP contribution in [0.3, 0.4) is 0 Å². The largest absolute Gasteiger partial charge is 0.311 e. The molecule has 0 radical (unpaired) electrons. The molecule has 0 spiro atoms. The molecule has 3 heterocycles. The standard InChI is InChI=1S/C25H22ClN5OS/c1-16-20(26)7-5-9-21(16)31-23(19-10-13-27-14-11-19)28-29-25(31)33-17(2)24(32)30-15-12-18-6-3-4-8-22(18)30/h3-11,13-14,17H,12,15H2,1-2H3/t17-/m0/s1. The van der Waals surface area contributed by atoms with Gasteiger partial charge in [0.15, 0.2) is 11.0 Å². The minimum absolute atomic E-state index is 0.0628. The van der Waals surface area contributed by atoms with Gasteiger partial charge in [0.25, 0.3) is 0 Å². The number of fused-ring (bicyclic) bond motifs is 1. The van der Waals surface area contributed by atoms with Crippen LogP contribution in [0, 0.1) is 6.92 Å². The van der Waals surface area contributed by atoms with E-state index >= 15 is 0 Å². The average Bonchev–Trinajstić information content (AvgIpc) is 3.45. The Hall–Kier alpha value is -3.16. The van der Waals surface area contributed by atoms with Crippen LogP contribution in [0.5, 0.6) is 0 Å². The van der Waals surface area contributed by atoms with Gasteiger partial charge in [0.1, 0.15) is 0 Å². The number of amides is 1. The number of anilines is 1. The number of carbonyl (C=O) groups excluding carboxylic acids is 1. The molecule has 0 saturated carbocycles. The van der Waals surface area contributed by atoms with Gasteiger partial charge in [-0.1, -0.05) is 47.6 Å². The molecular weight excluding hydrogens is 454 g/mol. The fourth-order valence-corrected chi connectivity index (χ4v) is 5.18. The molecule has 0 unspecified atom stereocenters. The highest BCUT2D eigenvalue weighted by atomic mass is 35.5. The molecule has 2 aromatic heterocycles. The maximum absolute atomic E-state index is 13.4. The number of thioether (sulfide) groups is 1. The number of para-hydroxylation sites is 1. The molecule has 0 N–H and O–H groups in total. The van der Waals surface area contributed by atoms with E-state index in [1.807, 2.05) is 71.8 Å². The third-order valence-electron chi connectivity index (χ3n) is 5.84. The van der Waals surface area contributed by atoms with Gasteiger partial charge in [-0.25, -0.2) is 0 Å². The molecule has 33 heavy (non-hydrogen) atoms. The van der Waals surface area contributed by atoms with Crippen LogP contribution in [-0.2, 0) is 11.2 Å². The third-order valence-corrected chi connectivity index (χ3v) is 7.27. The summed E-state index contributed by atoms with van der Waals surface area (Å²) in [4.78, 5) is 19.4. The van der Waals surface area contributed by atoms with Crippen LogP contribution in [0.1, 0.15) is 18.1 Å². The maximum Gasteiger partial charge on any atom is 0.240 e. The van der Waals surface area contributed by atoms with E-state index in [4.69, 9.17) is 11.6 Å². The van der Waals surface area contributed by atoms with Crippen molar-refractivity contribution in [3.8, 4) is 17.1 Å². The van der Waals surface area contributed by atoms with E-state index in [9.17, 15) is 4.79 Å². The Morgan fingerprint density at radius 3 is 2.61 bits per heavy atom. The van der Waals surface area contributed by atoms with Crippen molar-refractivity contribution >= 4 is 35.0 Å². The number of carbonyl (C=O) groups is 1. The number of pyridine rings is 1. The number of benzene rings is 2. The number of hydrogen-bond acceptors (Lipinski definition) is 5. The Labute approximate surface area is 201 Å². The molecule has 4 aromatic rings. The molecule has 0 saturated heterocycles. The molecule has 1 atom stereocenters. The van der Waals surface area contributed by atoms with Crippen LogP contribution in [0.2, 0.25) is 5.02 Å². The lowest BCUT2D eigenvalue weighted by molar-refractivity contribution is -0.117. The molecule has 5 rings (SSSR count). The van der Waals surface area contributed by atoms with Crippen LogP contribution >= 0.6 is 23.4 Å². The SMILES string of the molecule is Cc1c(Cl)cccc1-n1c(S[C@@H](C)C(=O)N2CCc3ccccc32)nnc1-c1ccncc1. The van der Waals surface area contributed by atoms with Gasteiger partial charge >= 0.3 is 0 Å². The van der Waals surface area contributed by atoms with Crippen molar-refractivity contribution in [1.29, 1.82) is 0 Å². The highest BCUT2D eigenvalue weighted by Gasteiger charge is 2.30. The summed E-state index contributed by atoms with van der Waals surface area (Å²) < 4.78 is 1.98. The fraction of sp³-hybridized carbons (Fsp3) is 0.200. The molecule has 1 amide bonds. The molecule has 0 bridgehead atoms.